The molecule has 0 aliphatic rings. The minimum absolute atomic E-state index is 0.285. The second kappa shape index (κ2) is 9.84. The molecule has 2 heterocycles. The Balaban J connectivity index is 1.47. The molecule has 8 nitrogen and oxygen atoms in total. The number of carbonyl (C=O) groups is 1. The molecule has 2 aromatic carbocycles. The average Bonchev–Trinajstić information content (AvgIpc) is 3.31. The van der Waals surface area contributed by atoms with E-state index in [1.54, 1.807) is 49.7 Å². The zero-order chi connectivity index (χ0) is 22.3. The van der Waals surface area contributed by atoms with Crippen LogP contribution in [0.3, 0.4) is 0 Å². The highest BCUT2D eigenvalue weighted by Gasteiger charge is 2.14. The number of methoxy groups -OCH3 is 1. The van der Waals surface area contributed by atoms with E-state index in [0.717, 1.165) is 16.7 Å². The summed E-state index contributed by atoms with van der Waals surface area (Å²) in [5.74, 6) is 0.894. The fourth-order valence-electron chi connectivity index (χ4n) is 3.04. The van der Waals surface area contributed by atoms with Crippen molar-refractivity contribution in [3.63, 3.8) is 0 Å². The number of nitrogens with zero attached hydrogens (tertiary/aromatic N) is 3. The first kappa shape index (κ1) is 21.2. The maximum absolute atomic E-state index is 12.7. The number of rotatable bonds is 8. The Morgan fingerprint density at radius 2 is 1.75 bits per heavy atom. The first-order valence-corrected chi connectivity index (χ1v) is 10.0. The molecule has 8 heteroatoms. The minimum Gasteiger partial charge on any atom is -0.474 e. The van der Waals surface area contributed by atoms with Gasteiger partial charge in [0.05, 0.1) is 6.61 Å². The largest absolute Gasteiger partial charge is 0.474 e. The topological polar surface area (TPSA) is 99.4 Å². The van der Waals surface area contributed by atoms with E-state index in [2.05, 4.69) is 20.5 Å². The summed E-state index contributed by atoms with van der Waals surface area (Å²) in [5, 5.41) is 11.1. The SMILES string of the molecule is COCCOc1ncccc1NC(=O)c1ccc(-c2nnc(-c3ccccc3C)o2)cc1. The quantitative estimate of drug-likeness (QED) is 0.414. The Morgan fingerprint density at radius 3 is 2.53 bits per heavy atom. The highest BCUT2D eigenvalue weighted by atomic mass is 16.5. The van der Waals surface area contributed by atoms with Crippen molar-refractivity contribution in [3.05, 3.63) is 78.0 Å². The summed E-state index contributed by atoms with van der Waals surface area (Å²) in [6, 6.07) is 18.2. The number of carbonyl (C=O) groups excluding carboxylic acids is 1. The van der Waals surface area contributed by atoms with Gasteiger partial charge >= 0.3 is 0 Å². The van der Waals surface area contributed by atoms with Gasteiger partial charge in [-0.25, -0.2) is 4.98 Å². The van der Waals surface area contributed by atoms with Gasteiger partial charge < -0.3 is 19.2 Å². The van der Waals surface area contributed by atoms with Crippen molar-refractivity contribution in [1.29, 1.82) is 0 Å². The summed E-state index contributed by atoms with van der Waals surface area (Å²) < 4.78 is 16.4. The molecule has 0 bridgehead atoms. The lowest BCUT2D eigenvalue weighted by Crippen LogP contribution is -2.14. The molecule has 0 atom stereocenters. The van der Waals surface area contributed by atoms with Gasteiger partial charge in [-0.15, -0.1) is 10.2 Å². The summed E-state index contributed by atoms with van der Waals surface area (Å²) in [7, 11) is 1.59. The summed E-state index contributed by atoms with van der Waals surface area (Å²) in [6.45, 7) is 2.75. The number of aromatic nitrogens is 3. The third-order valence-electron chi connectivity index (χ3n) is 4.74. The second-order valence-electron chi connectivity index (χ2n) is 6.96. The van der Waals surface area contributed by atoms with Gasteiger partial charge in [0.25, 0.3) is 5.91 Å². The molecule has 0 radical (unpaired) electrons. The predicted molar refractivity (Wildman–Crippen MR) is 119 cm³/mol. The summed E-state index contributed by atoms with van der Waals surface area (Å²) in [4.78, 5) is 16.9. The lowest BCUT2D eigenvalue weighted by molar-refractivity contribution is 0.102. The van der Waals surface area contributed by atoms with Crippen molar-refractivity contribution in [2.45, 2.75) is 6.92 Å². The first-order valence-electron chi connectivity index (χ1n) is 10.0. The third kappa shape index (κ3) is 4.81. The summed E-state index contributed by atoms with van der Waals surface area (Å²) in [6.07, 6.45) is 1.60. The Bertz CT molecular complexity index is 1200. The van der Waals surface area contributed by atoms with Gasteiger partial charge in [0.1, 0.15) is 12.3 Å². The van der Waals surface area contributed by atoms with E-state index in [-0.39, 0.29) is 5.91 Å². The van der Waals surface area contributed by atoms with Crippen molar-refractivity contribution in [2.24, 2.45) is 0 Å². The van der Waals surface area contributed by atoms with Gasteiger partial charge in [-0.1, -0.05) is 18.2 Å². The van der Waals surface area contributed by atoms with Crippen LogP contribution >= 0.6 is 0 Å². The molecule has 2 aromatic heterocycles. The molecule has 1 N–H and O–H groups in total. The number of anilines is 1. The van der Waals surface area contributed by atoms with Crippen LogP contribution in [0.5, 0.6) is 5.88 Å². The van der Waals surface area contributed by atoms with Crippen molar-refractivity contribution in [1.82, 2.24) is 15.2 Å². The second-order valence-corrected chi connectivity index (χ2v) is 6.96. The van der Waals surface area contributed by atoms with Crippen LogP contribution in [0.25, 0.3) is 22.9 Å². The van der Waals surface area contributed by atoms with Gasteiger partial charge in [0, 0.05) is 30.0 Å². The van der Waals surface area contributed by atoms with Gasteiger partial charge in [0.15, 0.2) is 0 Å². The van der Waals surface area contributed by atoms with Crippen LogP contribution in [0.15, 0.2) is 71.3 Å². The number of hydrogen-bond acceptors (Lipinski definition) is 7. The fraction of sp³-hybridized carbons (Fsp3) is 0.167. The van der Waals surface area contributed by atoms with Crippen LogP contribution in [-0.2, 0) is 4.74 Å². The highest BCUT2D eigenvalue weighted by molar-refractivity contribution is 6.05. The minimum atomic E-state index is -0.285. The highest BCUT2D eigenvalue weighted by Crippen LogP contribution is 2.26. The third-order valence-corrected chi connectivity index (χ3v) is 4.74. The van der Waals surface area contributed by atoms with Gasteiger partial charge in [-0.05, 0) is 55.0 Å². The molecular formula is C24H22N4O4. The van der Waals surface area contributed by atoms with Crippen LogP contribution in [0.2, 0.25) is 0 Å². The maximum atomic E-state index is 12.7. The van der Waals surface area contributed by atoms with Crippen LogP contribution in [0.1, 0.15) is 15.9 Å². The first-order chi connectivity index (χ1) is 15.7. The lowest BCUT2D eigenvalue weighted by Gasteiger charge is -2.11. The van der Waals surface area contributed by atoms with Crippen LogP contribution in [0, 0.1) is 6.92 Å². The van der Waals surface area contributed by atoms with E-state index in [1.807, 2.05) is 31.2 Å². The monoisotopic (exact) mass is 430 g/mol. The number of amides is 1. The van der Waals surface area contributed by atoms with E-state index >= 15 is 0 Å². The Labute approximate surface area is 185 Å². The lowest BCUT2D eigenvalue weighted by atomic mass is 10.1. The standard InChI is InChI=1S/C24H22N4O4/c1-16-6-3-4-7-19(16)23-28-27-22(32-23)18-11-9-17(10-12-18)21(29)26-20-8-5-13-25-24(20)31-15-14-30-2/h3-13H,14-15H2,1-2H3,(H,26,29). The van der Waals surface area contributed by atoms with Crippen LogP contribution in [-0.4, -0.2) is 41.4 Å². The molecule has 32 heavy (non-hydrogen) atoms. The van der Waals surface area contributed by atoms with Crippen molar-refractivity contribution in [3.8, 4) is 28.8 Å². The molecular weight excluding hydrogens is 408 g/mol. The van der Waals surface area contributed by atoms with E-state index in [9.17, 15) is 4.79 Å². The van der Waals surface area contributed by atoms with Gasteiger partial charge in [-0.2, -0.15) is 0 Å². The normalized spacial score (nSPS) is 10.7. The van der Waals surface area contributed by atoms with E-state index in [4.69, 9.17) is 13.9 Å². The van der Waals surface area contributed by atoms with Crippen LogP contribution in [0.4, 0.5) is 5.69 Å². The average molecular weight is 430 g/mol. The molecule has 0 spiro atoms. The molecule has 4 rings (SSSR count). The van der Waals surface area contributed by atoms with Crippen LogP contribution < -0.4 is 10.1 Å². The number of benzene rings is 2. The Hall–Kier alpha value is -4.04. The molecule has 0 fully saturated rings. The zero-order valence-corrected chi connectivity index (χ0v) is 17.7. The Kier molecular flexibility index (Phi) is 6.52. The zero-order valence-electron chi connectivity index (χ0n) is 17.7. The molecule has 0 saturated carbocycles. The van der Waals surface area contributed by atoms with Crippen molar-refractivity contribution >= 4 is 11.6 Å². The number of hydrogen-bond donors (Lipinski definition) is 1. The van der Waals surface area contributed by atoms with Crippen molar-refractivity contribution in [2.75, 3.05) is 25.6 Å². The molecule has 162 valence electrons. The van der Waals surface area contributed by atoms with Gasteiger partial charge in [-0.3, -0.25) is 4.79 Å². The van der Waals surface area contributed by atoms with Gasteiger partial charge in [0.2, 0.25) is 17.7 Å². The van der Waals surface area contributed by atoms with E-state index < -0.39 is 0 Å². The number of ether oxygens (including phenoxy) is 2. The number of aryl methyl sites for hydroxylation is 1. The van der Waals surface area contributed by atoms with E-state index in [1.165, 1.54) is 0 Å². The number of pyridine rings is 1. The fourth-order valence-corrected chi connectivity index (χ4v) is 3.04. The smallest absolute Gasteiger partial charge is 0.255 e. The summed E-state index contributed by atoms with van der Waals surface area (Å²) in [5.41, 5.74) is 3.62. The van der Waals surface area contributed by atoms with E-state index in [0.29, 0.717) is 42.1 Å². The summed E-state index contributed by atoms with van der Waals surface area (Å²) >= 11 is 0. The maximum Gasteiger partial charge on any atom is 0.255 e. The number of nitrogens with one attached hydrogen (secondary N) is 1. The molecule has 0 unspecified atom stereocenters. The Morgan fingerprint density at radius 1 is 0.969 bits per heavy atom. The van der Waals surface area contributed by atoms with Crippen molar-refractivity contribution < 1.29 is 18.7 Å². The molecule has 1 amide bonds. The predicted octanol–water partition coefficient (Wildman–Crippen LogP) is 4.38. The molecule has 0 aliphatic heterocycles. The molecule has 0 saturated heterocycles. The molecule has 0 aliphatic carbocycles. The molecule has 4 aromatic rings.